The van der Waals surface area contributed by atoms with Crippen LogP contribution in [0, 0.1) is 24.0 Å². The first-order valence-corrected chi connectivity index (χ1v) is 11.9. The lowest BCUT2D eigenvalue weighted by molar-refractivity contribution is -0.384. The number of benzene rings is 2. The molecule has 1 atom stereocenters. The molecular formula is C21H25ClN4O5S. The normalized spacial score (nSPS) is 16.5. The van der Waals surface area contributed by atoms with Gasteiger partial charge in [0, 0.05) is 38.3 Å². The lowest BCUT2D eigenvalue weighted by Gasteiger charge is -2.36. The Kier molecular flexibility index (Phi) is 7.19. The zero-order valence-corrected chi connectivity index (χ0v) is 19.6. The van der Waals surface area contributed by atoms with E-state index in [1.54, 1.807) is 25.1 Å². The summed E-state index contributed by atoms with van der Waals surface area (Å²) in [6.45, 7) is 6.77. The van der Waals surface area contributed by atoms with Crippen molar-refractivity contribution in [3.05, 3.63) is 62.7 Å². The smallest absolute Gasteiger partial charge is 0.271 e. The number of carbonyl (C=O) groups is 1. The molecule has 1 amide bonds. The third-order valence-corrected chi connectivity index (χ3v) is 7.96. The minimum Gasteiger partial charge on any atom is -0.323 e. The molecule has 0 aliphatic carbocycles. The Balaban J connectivity index is 1.64. The molecule has 2 aromatic rings. The van der Waals surface area contributed by atoms with Gasteiger partial charge in [0.2, 0.25) is 15.9 Å². The lowest BCUT2D eigenvalue weighted by atomic mass is 10.1. The van der Waals surface area contributed by atoms with Crippen molar-refractivity contribution in [1.82, 2.24) is 9.21 Å². The Labute approximate surface area is 192 Å². The van der Waals surface area contributed by atoms with Crippen molar-refractivity contribution >= 4 is 38.9 Å². The van der Waals surface area contributed by atoms with Gasteiger partial charge in [-0.3, -0.25) is 19.8 Å². The van der Waals surface area contributed by atoms with E-state index in [0.29, 0.717) is 13.1 Å². The number of aryl methyl sites for hydroxylation is 2. The standard InChI is InChI=1S/C21H25ClN4O5S/c1-14-4-6-18(12-15(14)2)32(30,31)25-10-8-24(9-11-25)16(3)21(27)23-20-13-17(26(28)29)5-7-19(20)22/h4-7,12-13,16H,8-11H2,1-3H3,(H,23,27)/t16-/m0/s1. The van der Waals surface area contributed by atoms with Crippen LogP contribution in [0.15, 0.2) is 41.3 Å². The largest absolute Gasteiger partial charge is 0.323 e. The van der Waals surface area contributed by atoms with Crippen LogP contribution in [0.3, 0.4) is 0 Å². The number of rotatable bonds is 6. The SMILES string of the molecule is Cc1ccc(S(=O)(=O)N2CCN([C@@H](C)C(=O)Nc3cc([N+](=O)[O-])ccc3Cl)CC2)cc1C. The Hall–Kier alpha value is -2.53. The van der Waals surface area contributed by atoms with Gasteiger partial charge >= 0.3 is 0 Å². The van der Waals surface area contributed by atoms with E-state index in [0.717, 1.165) is 11.1 Å². The number of anilines is 1. The molecule has 32 heavy (non-hydrogen) atoms. The minimum absolute atomic E-state index is 0.161. The Bertz CT molecular complexity index is 1150. The number of amides is 1. The molecule has 3 rings (SSSR count). The molecule has 2 aromatic carbocycles. The van der Waals surface area contributed by atoms with Crippen molar-refractivity contribution in [3.8, 4) is 0 Å². The highest BCUT2D eigenvalue weighted by molar-refractivity contribution is 7.89. The van der Waals surface area contributed by atoms with E-state index >= 15 is 0 Å². The summed E-state index contributed by atoms with van der Waals surface area (Å²) in [5.74, 6) is -0.377. The summed E-state index contributed by atoms with van der Waals surface area (Å²) in [6, 6.07) is 8.34. The number of carbonyl (C=O) groups excluding carboxylic acids is 1. The highest BCUT2D eigenvalue weighted by atomic mass is 35.5. The third-order valence-electron chi connectivity index (χ3n) is 5.74. The summed E-state index contributed by atoms with van der Waals surface area (Å²) in [6.07, 6.45) is 0. The van der Waals surface area contributed by atoms with Crippen LogP contribution in [0.4, 0.5) is 11.4 Å². The number of hydrogen-bond donors (Lipinski definition) is 1. The van der Waals surface area contributed by atoms with Crippen molar-refractivity contribution < 1.29 is 18.1 Å². The fourth-order valence-corrected chi connectivity index (χ4v) is 5.15. The molecule has 0 spiro atoms. The Morgan fingerprint density at radius 2 is 1.75 bits per heavy atom. The van der Waals surface area contributed by atoms with Crippen molar-refractivity contribution in [1.29, 1.82) is 0 Å². The maximum absolute atomic E-state index is 13.0. The summed E-state index contributed by atoms with van der Waals surface area (Å²) in [4.78, 5) is 25.2. The summed E-state index contributed by atoms with van der Waals surface area (Å²) in [5.41, 5.74) is 1.92. The number of hydrogen-bond acceptors (Lipinski definition) is 6. The van der Waals surface area contributed by atoms with Gasteiger partial charge in [0.1, 0.15) is 0 Å². The van der Waals surface area contributed by atoms with E-state index in [-0.39, 0.29) is 40.3 Å². The number of piperazine rings is 1. The quantitative estimate of drug-likeness (QED) is 0.501. The number of sulfonamides is 1. The fraction of sp³-hybridized carbons (Fsp3) is 0.381. The number of nitro groups is 1. The van der Waals surface area contributed by atoms with Crippen LogP contribution in [0.25, 0.3) is 0 Å². The monoisotopic (exact) mass is 480 g/mol. The molecule has 0 unspecified atom stereocenters. The molecule has 9 nitrogen and oxygen atoms in total. The van der Waals surface area contributed by atoms with E-state index in [1.807, 2.05) is 18.7 Å². The molecule has 0 aromatic heterocycles. The Morgan fingerprint density at radius 3 is 2.34 bits per heavy atom. The number of non-ortho nitro benzene ring substituents is 1. The van der Waals surface area contributed by atoms with Crippen molar-refractivity contribution in [3.63, 3.8) is 0 Å². The van der Waals surface area contributed by atoms with Crippen molar-refractivity contribution in [2.75, 3.05) is 31.5 Å². The fourth-order valence-electron chi connectivity index (χ4n) is 3.48. The van der Waals surface area contributed by atoms with Crippen LogP contribution >= 0.6 is 11.6 Å². The van der Waals surface area contributed by atoms with Gasteiger partial charge in [-0.2, -0.15) is 4.31 Å². The first kappa shape index (κ1) is 24.1. The zero-order chi connectivity index (χ0) is 23.6. The van der Waals surface area contributed by atoms with Crippen LogP contribution in [0.1, 0.15) is 18.1 Å². The average molecular weight is 481 g/mol. The third kappa shape index (κ3) is 5.09. The van der Waals surface area contributed by atoms with E-state index < -0.39 is 21.0 Å². The second-order valence-corrected chi connectivity index (χ2v) is 10.1. The van der Waals surface area contributed by atoms with E-state index in [1.165, 1.54) is 22.5 Å². The topological polar surface area (TPSA) is 113 Å². The predicted molar refractivity (Wildman–Crippen MR) is 122 cm³/mol. The predicted octanol–water partition coefficient (Wildman–Crippen LogP) is 3.20. The number of nitro benzene ring substituents is 1. The second-order valence-electron chi connectivity index (χ2n) is 7.77. The molecule has 172 valence electrons. The maximum Gasteiger partial charge on any atom is 0.271 e. The van der Waals surface area contributed by atoms with Crippen LogP contribution in [-0.2, 0) is 14.8 Å². The molecule has 0 radical (unpaired) electrons. The number of nitrogens with zero attached hydrogens (tertiary/aromatic N) is 3. The Morgan fingerprint density at radius 1 is 1.09 bits per heavy atom. The van der Waals surface area contributed by atoms with Gasteiger partial charge in [-0.1, -0.05) is 17.7 Å². The minimum atomic E-state index is -3.61. The number of halogens is 1. The molecule has 1 aliphatic heterocycles. The highest BCUT2D eigenvalue weighted by Gasteiger charge is 2.32. The molecule has 1 aliphatic rings. The first-order valence-electron chi connectivity index (χ1n) is 10.1. The molecule has 1 saturated heterocycles. The van der Waals surface area contributed by atoms with Gasteiger partial charge in [-0.25, -0.2) is 8.42 Å². The summed E-state index contributed by atoms with van der Waals surface area (Å²) in [7, 11) is -3.61. The highest BCUT2D eigenvalue weighted by Crippen LogP contribution is 2.27. The van der Waals surface area contributed by atoms with Gasteiger partial charge in [-0.05, 0) is 50.1 Å². The molecule has 1 fully saturated rings. The molecule has 1 heterocycles. The van der Waals surface area contributed by atoms with E-state index in [9.17, 15) is 23.3 Å². The van der Waals surface area contributed by atoms with Crippen LogP contribution in [-0.4, -0.2) is 60.7 Å². The summed E-state index contributed by atoms with van der Waals surface area (Å²) >= 11 is 6.06. The van der Waals surface area contributed by atoms with Crippen LogP contribution in [0.5, 0.6) is 0 Å². The van der Waals surface area contributed by atoms with E-state index in [2.05, 4.69) is 5.32 Å². The first-order chi connectivity index (χ1) is 15.0. The average Bonchev–Trinajstić information content (AvgIpc) is 2.76. The summed E-state index contributed by atoms with van der Waals surface area (Å²) in [5, 5.41) is 13.8. The van der Waals surface area contributed by atoms with Crippen LogP contribution < -0.4 is 5.32 Å². The molecule has 0 bridgehead atoms. The van der Waals surface area contributed by atoms with Crippen molar-refractivity contribution in [2.45, 2.75) is 31.7 Å². The van der Waals surface area contributed by atoms with Gasteiger partial charge < -0.3 is 5.32 Å². The zero-order valence-electron chi connectivity index (χ0n) is 18.0. The molecular weight excluding hydrogens is 456 g/mol. The van der Waals surface area contributed by atoms with Crippen LogP contribution in [0.2, 0.25) is 5.02 Å². The summed E-state index contributed by atoms with van der Waals surface area (Å²) < 4.78 is 27.4. The molecule has 1 N–H and O–H groups in total. The number of nitrogens with one attached hydrogen (secondary N) is 1. The maximum atomic E-state index is 13.0. The van der Waals surface area contributed by atoms with Gasteiger partial charge in [0.15, 0.2) is 0 Å². The van der Waals surface area contributed by atoms with Crippen molar-refractivity contribution in [2.24, 2.45) is 0 Å². The molecule has 11 heteroatoms. The van der Waals surface area contributed by atoms with Gasteiger partial charge in [0.25, 0.3) is 5.69 Å². The molecule has 0 saturated carbocycles. The second kappa shape index (κ2) is 9.53. The van der Waals surface area contributed by atoms with Gasteiger partial charge in [-0.15, -0.1) is 0 Å². The van der Waals surface area contributed by atoms with E-state index in [4.69, 9.17) is 11.6 Å². The van der Waals surface area contributed by atoms with Gasteiger partial charge in [0.05, 0.1) is 26.6 Å². The lowest BCUT2D eigenvalue weighted by Crippen LogP contribution is -2.53.